The van der Waals surface area contributed by atoms with Gasteiger partial charge in [0.15, 0.2) is 5.65 Å². The van der Waals surface area contributed by atoms with Gasteiger partial charge in [-0.25, -0.2) is 14.8 Å². The summed E-state index contributed by atoms with van der Waals surface area (Å²) in [5.74, 6) is 1.42. The van der Waals surface area contributed by atoms with Gasteiger partial charge in [0.2, 0.25) is 0 Å². The summed E-state index contributed by atoms with van der Waals surface area (Å²) in [6, 6.07) is 13.0. The zero-order valence-corrected chi connectivity index (χ0v) is 22.2. The first-order valence-corrected chi connectivity index (χ1v) is 13.4. The predicted octanol–water partition coefficient (Wildman–Crippen LogP) is 5.29. The number of hydrogen-bond acceptors (Lipinski definition) is 7. The van der Waals surface area contributed by atoms with Crippen molar-refractivity contribution < 1.29 is 19.0 Å². The van der Waals surface area contributed by atoms with Crippen LogP contribution in [0.3, 0.4) is 0 Å². The van der Waals surface area contributed by atoms with Crippen molar-refractivity contribution in [3.63, 3.8) is 0 Å². The zero-order valence-electron chi connectivity index (χ0n) is 22.2. The van der Waals surface area contributed by atoms with Crippen molar-refractivity contribution in [2.75, 3.05) is 26.3 Å². The van der Waals surface area contributed by atoms with E-state index in [1.54, 1.807) is 6.20 Å². The summed E-state index contributed by atoms with van der Waals surface area (Å²) < 4.78 is 18.8. The molecular formula is C29H38N4O4. The lowest BCUT2D eigenvalue weighted by molar-refractivity contribution is -0.0352. The summed E-state index contributed by atoms with van der Waals surface area (Å²) in [5, 5.41) is 0. The Morgan fingerprint density at radius 2 is 1.86 bits per heavy atom. The van der Waals surface area contributed by atoms with E-state index in [9.17, 15) is 4.79 Å². The van der Waals surface area contributed by atoms with Crippen LogP contribution in [0.25, 0.3) is 11.2 Å². The topological polar surface area (TPSA) is 78.7 Å². The van der Waals surface area contributed by atoms with Gasteiger partial charge in [0.05, 0.1) is 25.3 Å². The Labute approximate surface area is 218 Å². The SMILES string of the molecule is CC(C)(C)OC(=O)O[C@@H]1CCC[C@@H](c2ccc(Cn3c(CN4CCOCC4)nc4ncccc43)cc2)C1. The number of hydrogen-bond donors (Lipinski definition) is 0. The van der Waals surface area contributed by atoms with Gasteiger partial charge in [-0.2, -0.15) is 0 Å². The lowest BCUT2D eigenvalue weighted by Gasteiger charge is -2.30. The molecule has 1 saturated carbocycles. The number of morpholine rings is 1. The second-order valence-corrected chi connectivity index (χ2v) is 11.2. The predicted molar refractivity (Wildman–Crippen MR) is 141 cm³/mol. The van der Waals surface area contributed by atoms with E-state index in [-0.39, 0.29) is 6.10 Å². The normalized spacial score (nSPS) is 21.2. The quantitative estimate of drug-likeness (QED) is 0.420. The molecule has 0 amide bonds. The molecule has 0 radical (unpaired) electrons. The van der Waals surface area contributed by atoms with Crippen LogP contribution in [0.5, 0.6) is 0 Å². The van der Waals surface area contributed by atoms with Crippen LogP contribution in [0.15, 0.2) is 42.6 Å². The molecule has 0 spiro atoms. The molecule has 0 N–H and O–H groups in total. The molecule has 37 heavy (non-hydrogen) atoms. The van der Waals surface area contributed by atoms with Crippen LogP contribution in [0.2, 0.25) is 0 Å². The molecule has 3 aromatic rings. The minimum Gasteiger partial charge on any atom is -0.431 e. The Kier molecular flexibility index (Phi) is 7.76. The number of benzene rings is 1. The van der Waals surface area contributed by atoms with Crippen LogP contribution in [0.1, 0.15) is 69.3 Å². The lowest BCUT2D eigenvalue weighted by atomic mass is 9.82. The molecule has 8 nitrogen and oxygen atoms in total. The number of ether oxygens (including phenoxy) is 3. The highest BCUT2D eigenvalue weighted by molar-refractivity contribution is 5.71. The fourth-order valence-electron chi connectivity index (χ4n) is 5.31. The second kappa shape index (κ2) is 11.2. The van der Waals surface area contributed by atoms with Crippen LogP contribution in [-0.4, -0.2) is 63.6 Å². The van der Waals surface area contributed by atoms with Gasteiger partial charge < -0.3 is 18.8 Å². The van der Waals surface area contributed by atoms with Crippen molar-refractivity contribution in [3.05, 3.63) is 59.5 Å². The first-order valence-electron chi connectivity index (χ1n) is 13.4. The maximum atomic E-state index is 12.1. The molecule has 2 aromatic heterocycles. The average Bonchev–Trinajstić information content (AvgIpc) is 3.21. The van der Waals surface area contributed by atoms with Crippen molar-refractivity contribution in [2.24, 2.45) is 0 Å². The molecule has 198 valence electrons. The van der Waals surface area contributed by atoms with E-state index in [0.29, 0.717) is 5.92 Å². The van der Waals surface area contributed by atoms with Crippen molar-refractivity contribution >= 4 is 17.3 Å². The molecule has 1 aliphatic carbocycles. The van der Waals surface area contributed by atoms with Crippen molar-refractivity contribution in [1.82, 2.24) is 19.4 Å². The van der Waals surface area contributed by atoms with E-state index in [1.165, 1.54) is 11.1 Å². The Bertz CT molecular complexity index is 1190. The van der Waals surface area contributed by atoms with Crippen LogP contribution in [0.4, 0.5) is 4.79 Å². The van der Waals surface area contributed by atoms with Crippen LogP contribution >= 0.6 is 0 Å². The fraction of sp³-hybridized carbons (Fsp3) is 0.552. The summed E-state index contributed by atoms with van der Waals surface area (Å²) >= 11 is 0. The van der Waals surface area contributed by atoms with Gasteiger partial charge in [0.1, 0.15) is 17.5 Å². The molecule has 3 heterocycles. The first kappa shape index (κ1) is 25.7. The van der Waals surface area contributed by atoms with E-state index in [0.717, 1.165) is 82.1 Å². The molecule has 2 fully saturated rings. The number of rotatable bonds is 6. The second-order valence-electron chi connectivity index (χ2n) is 11.2. The number of aromatic nitrogens is 3. The molecule has 1 aromatic carbocycles. The molecule has 0 unspecified atom stereocenters. The van der Waals surface area contributed by atoms with Crippen molar-refractivity contribution in [1.29, 1.82) is 0 Å². The minimum atomic E-state index is -0.566. The molecule has 8 heteroatoms. The fourth-order valence-corrected chi connectivity index (χ4v) is 5.31. The zero-order chi connectivity index (χ0) is 25.8. The van der Waals surface area contributed by atoms with E-state index in [4.69, 9.17) is 19.2 Å². The smallest absolute Gasteiger partial charge is 0.431 e. The summed E-state index contributed by atoms with van der Waals surface area (Å²) in [4.78, 5) is 23.9. The number of imidazole rings is 1. The van der Waals surface area contributed by atoms with Gasteiger partial charge in [0.25, 0.3) is 0 Å². The first-order chi connectivity index (χ1) is 17.8. The van der Waals surface area contributed by atoms with Crippen molar-refractivity contribution in [2.45, 2.75) is 77.2 Å². The van der Waals surface area contributed by atoms with Crippen LogP contribution in [0, 0.1) is 0 Å². The summed E-state index contributed by atoms with van der Waals surface area (Å²) in [6.45, 7) is 10.5. The number of fused-ring (bicyclic) bond motifs is 1. The van der Waals surface area contributed by atoms with E-state index in [2.05, 4.69) is 44.8 Å². The molecular weight excluding hydrogens is 468 g/mol. The van der Waals surface area contributed by atoms with E-state index >= 15 is 0 Å². The lowest BCUT2D eigenvalue weighted by Crippen LogP contribution is -2.36. The number of nitrogens with zero attached hydrogens (tertiary/aromatic N) is 4. The van der Waals surface area contributed by atoms with Gasteiger partial charge in [-0.3, -0.25) is 4.90 Å². The van der Waals surface area contributed by atoms with Gasteiger partial charge in [-0.15, -0.1) is 0 Å². The highest BCUT2D eigenvalue weighted by Gasteiger charge is 2.28. The van der Waals surface area contributed by atoms with Gasteiger partial charge in [-0.05, 0) is 75.6 Å². The third kappa shape index (κ3) is 6.67. The van der Waals surface area contributed by atoms with E-state index in [1.807, 2.05) is 26.8 Å². The highest BCUT2D eigenvalue weighted by Crippen LogP contribution is 2.35. The van der Waals surface area contributed by atoms with Gasteiger partial charge in [0, 0.05) is 25.8 Å². The Morgan fingerprint density at radius 3 is 2.62 bits per heavy atom. The molecule has 1 saturated heterocycles. The minimum absolute atomic E-state index is 0.0964. The van der Waals surface area contributed by atoms with Gasteiger partial charge >= 0.3 is 6.16 Å². The maximum absolute atomic E-state index is 12.1. The largest absolute Gasteiger partial charge is 0.509 e. The monoisotopic (exact) mass is 506 g/mol. The third-order valence-corrected chi connectivity index (χ3v) is 7.14. The molecule has 1 aliphatic heterocycles. The average molecular weight is 507 g/mol. The molecule has 0 bridgehead atoms. The number of pyridine rings is 1. The van der Waals surface area contributed by atoms with E-state index < -0.39 is 11.8 Å². The Hall–Kier alpha value is -2.97. The molecule has 5 rings (SSSR count). The maximum Gasteiger partial charge on any atom is 0.509 e. The highest BCUT2D eigenvalue weighted by atomic mass is 16.7. The third-order valence-electron chi connectivity index (χ3n) is 7.14. The Morgan fingerprint density at radius 1 is 1.08 bits per heavy atom. The summed E-state index contributed by atoms with van der Waals surface area (Å²) in [5.41, 5.74) is 3.84. The number of carbonyl (C=O) groups excluding carboxylic acids is 1. The van der Waals surface area contributed by atoms with Crippen LogP contribution in [-0.2, 0) is 27.3 Å². The van der Waals surface area contributed by atoms with Crippen LogP contribution < -0.4 is 0 Å². The van der Waals surface area contributed by atoms with Crippen molar-refractivity contribution in [3.8, 4) is 0 Å². The summed E-state index contributed by atoms with van der Waals surface area (Å²) in [7, 11) is 0. The Balaban J connectivity index is 1.26. The van der Waals surface area contributed by atoms with Gasteiger partial charge in [-0.1, -0.05) is 24.3 Å². The molecule has 2 aliphatic rings. The number of carbonyl (C=O) groups is 1. The molecule has 2 atom stereocenters. The summed E-state index contributed by atoms with van der Waals surface area (Å²) in [6.07, 6.45) is 5.01. The standard InChI is InChI=1S/C29H38N4O4/c1-29(2,3)37-28(34)36-24-7-4-6-23(18-24)22-11-9-21(10-12-22)19-33-25-8-5-13-30-27(25)31-26(33)20-32-14-16-35-17-15-32/h5,8-13,23-24H,4,6-7,14-20H2,1-3H3/t23-,24-/m1/s1.